The first kappa shape index (κ1) is 7.12. The number of hydrogen-bond acceptors (Lipinski definition) is 2. The van der Waals surface area contributed by atoms with Crippen molar-refractivity contribution >= 4 is 19.6 Å². The Kier molecular flexibility index (Phi) is 1.65. The molecule has 1 fully saturated rings. The van der Waals surface area contributed by atoms with Crippen LogP contribution in [0.5, 0.6) is 0 Å². The van der Waals surface area contributed by atoms with Crippen molar-refractivity contribution < 1.29 is 9.59 Å². The Morgan fingerprint density at radius 3 is 2.70 bits per heavy atom. The molecule has 1 saturated heterocycles. The second kappa shape index (κ2) is 2.32. The first-order chi connectivity index (χ1) is 4.61. The molecule has 0 unspecified atom stereocenters. The standard InChI is InChI=1S/C5H7BN2O2/c1-3-2-4(9)8(3)7-5(6)10/h3H,2H2,1H3,(H,7,10)/t3-/m0/s1. The van der Waals surface area contributed by atoms with Gasteiger partial charge in [0.25, 0.3) is 0 Å². The maximum absolute atomic E-state index is 10.6. The zero-order valence-corrected chi connectivity index (χ0v) is 5.63. The van der Waals surface area contributed by atoms with Crippen molar-refractivity contribution in [3.8, 4) is 0 Å². The molecule has 0 aromatic heterocycles. The molecule has 1 aliphatic heterocycles. The summed E-state index contributed by atoms with van der Waals surface area (Å²) in [7, 11) is 4.78. The maximum atomic E-state index is 10.6. The lowest BCUT2D eigenvalue weighted by Gasteiger charge is -2.37. The van der Waals surface area contributed by atoms with Crippen LogP contribution in [-0.2, 0) is 4.79 Å². The van der Waals surface area contributed by atoms with Gasteiger partial charge in [-0.1, -0.05) is 0 Å². The Hall–Kier alpha value is -0.995. The molecule has 0 aromatic carbocycles. The summed E-state index contributed by atoms with van der Waals surface area (Å²) in [5.74, 6) is -0.786. The summed E-state index contributed by atoms with van der Waals surface area (Å²) in [5.41, 5.74) is 2.20. The highest BCUT2D eigenvalue weighted by Gasteiger charge is 2.32. The predicted octanol–water partition coefficient (Wildman–Crippen LogP) is -0.600. The number of nitrogens with zero attached hydrogens (tertiary/aromatic N) is 1. The molecule has 0 aliphatic carbocycles. The lowest BCUT2D eigenvalue weighted by molar-refractivity contribution is -0.148. The SMILES string of the molecule is [B]C(=O)NN1C(=O)C[C@@H]1C. The zero-order chi connectivity index (χ0) is 7.72. The highest BCUT2D eigenvalue weighted by Crippen LogP contribution is 2.14. The van der Waals surface area contributed by atoms with Gasteiger partial charge in [-0.15, -0.1) is 0 Å². The van der Waals surface area contributed by atoms with Gasteiger partial charge in [0.2, 0.25) is 13.8 Å². The quantitative estimate of drug-likeness (QED) is 0.388. The van der Waals surface area contributed by atoms with E-state index in [1.54, 1.807) is 0 Å². The summed E-state index contributed by atoms with van der Waals surface area (Å²) >= 11 is 0. The average Bonchev–Trinajstić information content (AvgIpc) is 1.84. The number of nitrogens with one attached hydrogen (secondary N) is 1. The van der Waals surface area contributed by atoms with E-state index in [0.717, 1.165) is 0 Å². The molecule has 2 radical (unpaired) electrons. The Morgan fingerprint density at radius 2 is 2.50 bits per heavy atom. The van der Waals surface area contributed by atoms with Crippen LogP contribution < -0.4 is 5.43 Å². The Balaban J connectivity index is 2.40. The van der Waals surface area contributed by atoms with E-state index in [0.29, 0.717) is 6.42 Å². The summed E-state index contributed by atoms with van der Waals surface area (Å²) in [6, 6.07) is 0.0833. The second-order valence-electron chi connectivity index (χ2n) is 2.29. The third-order valence-electron chi connectivity index (χ3n) is 1.41. The van der Waals surface area contributed by atoms with Crippen LogP contribution >= 0.6 is 0 Å². The number of carbonyl (C=O) groups is 2. The summed E-state index contributed by atoms with van der Waals surface area (Å²) in [6.45, 7) is 1.83. The minimum absolute atomic E-state index is 0.0833. The molecule has 1 rings (SSSR count). The van der Waals surface area contributed by atoms with Crippen molar-refractivity contribution in [3.05, 3.63) is 0 Å². The van der Waals surface area contributed by atoms with E-state index in [9.17, 15) is 9.59 Å². The second-order valence-corrected chi connectivity index (χ2v) is 2.29. The minimum atomic E-state index is -0.695. The molecule has 0 saturated carbocycles. The molecule has 52 valence electrons. The number of amides is 2. The summed E-state index contributed by atoms with van der Waals surface area (Å²) < 4.78 is 0. The van der Waals surface area contributed by atoms with Crippen molar-refractivity contribution in [3.63, 3.8) is 0 Å². The van der Waals surface area contributed by atoms with E-state index >= 15 is 0 Å². The van der Waals surface area contributed by atoms with Gasteiger partial charge in [-0.2, -0.15) is 0 Å². The predicted molar refractivity (Wildman–Crippen MR) is 35.2 cm³/mol. The summed E-state index contributed by atoms with van der Waals surface area (Å²) in [4.78, 5) is 20.8. The van der Waals surface area contributed by atoms with Crippen molar-refractivity contribution in [1.29, 1.82) is 0 Å². The first-order valence-corrected chi connectivity index (χ1v) is 2.99. The van der Waals surface area contributed by atoms with Crippen LogP contribution in [0.3, 0.4) is 0 Å². The molecular formula is C5H7BN2O2. The molecule has 0 spiro atoms. The van der Waals surface area contributed by atoms with Crippen molar-refractivity contribution in [2.45, 2.75) is 19.4 Å². The molecule has 1 atom stereocenters. The van der Waals surface area contributed by atoms with Crippen LogP contribution in [0.1, 0.15) is 13.3 Å². The van der Waals surface area contributed by atoms with Crippen LogP contribution in [0.4, 0.5) is 4.79 Å². The maximum Gasteiger partial charge on any atom is 0.243 e. The van der Waals surface area contributed by atoms with Crippen molar-refractivity contribution in [1.82, 2.24) is 10.4 Å². The molecule has 1 N–H and O–H groups in total. The average molecular weight is 138 g/mol. The van der Waals surface area contributed by atoms with E-state index in [-0.39, 0.29) is 11.9 Å². The molecule has 0 aromatic rings. The number of rotatable bonds is 1. The molecule has 5 heteroatoms. The van der Waals surface area contributed by atoms with E-state index in [1.807, 2.05) is 6.92 Å². The molecule has 4 nitrogen and oxygen atoms in total. The molecular weight excluding hydrogens is 131 g/mol. The van der Waals surface area contributed by atoms with Gasteiger partial charge < -0.3 is 0 Å². The van der Waals surface area contributed by atoms with Gasteiger partial charge in [-0.05, 0) is 6.92 Å². The van der Waals surface area contributed by atoms with Crippen LogP contribution in [0.25, 0.3) is 0 Å². The number of hydrazine groups is 1. The third-order valence-corrected chi connectivity index (χ3v) is 1.41. The first-order valence-electron chi connectivity index (χ1n) is 2.99. The van der Waals surface area contributed by atoms with E-state index in [1.165, 1.54) is 5.01 Å². The molecule has 10 heavy (non-hydrogen) atoms. The fourth-order valence-corrected chi connectivity index (χ4v) is 0.867. The van der Waals surface area contributed by atoms with Crippen molar-refractivity contribution in [2.75, 3.05) is 0 Å². The van der Waals surface area contributed by atoms with Gasteiger partial charge in [0.1, 0.15) is 0 Å². The Bertz CT molecular complexity index is 182. The Morgan fingerprint density at radius 1 is 1.90 bits per heavy atom. The minimum Gasteiger partial charge on any atom is -0.288 e. The largest absolute Gasteiger partial charge is 0.288 e. The smallest absolute Gasteiger partial charge is 0.243 e. The van der Waals surface area contributed by atoms with Gasteiger partial charge in [0.15, 0.2) is 5.81 Å². The molecule has 1 heterocycles. The number of carbonyl (C=O) groups excluding carboxylic acids is 2. The Labute approximate surface area is 59.9 Å². The van der Waals surface area contributed by atoms with Crippen LogP contribution in [0.2, 0.25) is 0 Å². The van der Waals surface area contributed by atoms with Gasteiger partial charge in [-0.25, -0.2) is 0 Å². The van der Waals surface area contributed by atoms with Gasteiger partial charge >= 0.3 is 0 Å². The monoisotopic (exact) mass is 138 g/mol. The fraction of sp³-hybridized carbons (Fsp3) is 0.600. The lowest BCUT2D eigenvalue weighted by atomic mass is 10.1. The summed E-state index contributed by atoms with van der Waals surface area (Å²) in [5, 5.41) is 1.22. The fourth-order valence-electron chi connectivity index (χ4n) is 0.867. The topological polar surface area (TPSA) is 49.4 Å². The van der Waals surface area contributed by atoms with E-state index < -0.39 is 5.81 Å². The highest BCUT2D eigenvalue weighted by atomic mass is 16.2. The molecule has 0 bridgehead atoms. The number of β-lactam (4-membered cyclic amide) rings is 1. The lowest BCUT2D eigenvalue weighted by Crippen LogP contribution is -2.59. The van der Waals surface area contributed by atoms with E-state index in [4.69, 9.17) is 7.85 Å². The van der Waals surface area contributed by atoms with Crippen LogP contribution in [0.15, 0.2) is 0 Å². The van der Waals surface area contributed by atoms with Crippen molar-refractivity contribution in [2.24, 2.45) is 0 Å². The normalized spacial score (nSPS) is 23.9. The zero-order valence-electron chi connectivity index (χ0n) is 5.63. The number of hydrogen-bond donors (Lipinski definition) is 1. The van der Waals surface area contributed by atoms with Crippen LogP contribution in [0, 0.1) is 0 Å². The van der Waals surface area contributed by atoms with Crippen LogP contribution in [-0.4, -0.2) is 30.6 Å². The molecule has 2 amide bonds. The molecule has 1 aliphatic rings. The van der Waals surface area contributed by atoms with Gasteiger partial charge in [0.05, 0.1) is 12.5 Å². The summed E-state index contributed by atoms with van der Waals surface area (Å²) in [6.07, 6.45) is 0.486. The van der Waals surface area contributed by atoms with Gasteiger partial charge in [-0.3, -0.25) is 20.0 Å². The highest BCUT2D eigenvalue weighted by molar-refractivity contribution is 6.57. The van der Waals surface area contributed by atoms with E-state index in [2.05, 4.69) is 5.43 Å². The third kappa shape index (κ3) is 1.12. The van der Waals surface area contributed by atoms with Gasteiger partial charge in [0, 0.05) is 0 Å².